The summed E-state index contributed by atoms with van der Waals surface area (Å²) >= 11 is 0. The normalized spacial score (nSPS) is 11.0. The number of hydrogen-bond acceptors (Lipinski definition) is 2. The van der Waals surface area contributed by atoms with Crippen molar-refractivity contribution in [2.24, 2.45) is 0 Å². The molecule has 3 nitrogen and oxygen atoms in total. The first-order valence-electron chi connectivity index (χ1n) is 7.00. The fourth-order valence-electron chi connectivity index (χ4n) is 2.07. The van der Waals surface area contributed by atoms with E-state index in [1.807, 2.05) is 48.5 Å². The van der Waals surface area contributed by atoms with Crippen LogP contribution in [-0.4, -0.2) is 5.91 Å². The molecular formula is C18H20N2O. The van der Waals surface area contributed by atoms with Crippen molar-refractivity contribution in [3.8, 4) is 0 Å². The molecule has 0 fully saturated rings. The monoisotopic (exact) mass is 280 g/mol. The van der Waals surface area contributed by atoms with E-state index in [1.54, 1.807) is 6.08 Å². The Kier molecular flexibility index (Phi) is 4.77. The third-order valence-electron chi connectivity index (χ3n) is 3.20. The van der Waals surface area contributed by atoms with E-state index in [-0.39, 0.29) is 5.91 Å². The zero-order valence-electron chi connectivity index (χ0n) is 12.3. The minimum absolute atomic E-state index is 0.139. The second-order valence-corrected chi connectivity index (χ2v) is 5.23. The molecule has 0 aliphatic carbocycles. The van der Waals surface area contributed by atoms with Gasteiger partial charge in [0.05, 0.1) is 0 Å². The van der Waals surface area contributed by atoms with Crippen LogP contribution in [0, 0.1) is 0 Å². The molecule has 3 heteroatoms. The number of benzene rings is 2. The lowest BCUT2D eigenvalue weighted by atomic mass is 10.0. The van der Waals surface area contributed by atoms with Gasteiger partial charge in [-0.1, -0.05) is 44.2 Å². The van der Waals surface area contributed by atoms with Gasteiger partial charge in [0, 0.05) is 17.5 Å². The molecule has 2 rings (SSSR count). The highest BCUT2D eigenvalue weighted by Crippen LogP contribution is 2.23. The molecule has 3 N–H and O–H groups in total. The molecule has 21 heavy (non-hydrogen) atoms. The molecule has 0 aliphatic heterocycles. The predicted molar refractivity (Wildman–Crippen MR) is 89.0 cm³/mol. The van der Waals surface area contributed by atoms with Crippen LogP contribution in [0.15, 0.2) is 54.6 Å². The summed E-state index contributed by atoms with van der Waals surface area (Å²) in [4.78, 5) is 12.0. The first kappa shape index (κ1) is 14.9. The lowest BCUT2D eigenvalue weighted by Gasteiger charge is -2.12. The number of nitrogen functional groups attached to an aromatic ring is 1. The first-order chi connectivity index (χ1) is 10.1. The SMILES string of the molecule is CC(C)c1ccccc1NC(=O)/C=C/c1ccc(N)cc1. The van der Waals surface area contributed by atoms with Crippen LogP contribution in [0.1, 0.15) is 30.9 Å². The maximum absolute atomic E-state index is 12.0. The van der Waals surface area contributed by atoms with Gasteiger partial charge in [-0.25, -0.2) is 0 Å². The predicted octanol–water partition coefficient (Wildman–Crippen LogP) is 4.04. The van der Waals surface area contributed by atoms with Crippen molar-refractivity contribution >= 4 is 23.4 Å². The average molecular weight is 280 g/mol. The highest BCUT2D eigenvalue weighted by atomic mass is 16.1. The smallest absolute Gasteiger partial charge is 0.248 e. The molecule has 0 unspecified atom stereocenters. The Morgan fingerprint density at radius 3 is 2.43 bits per heavy atom. The number of nitrogens with one attached hydrogen (secondary N) is 1. The van der Waals surface area contributed by atoms with Gasteiger partial charge in [-0.3, -0.25) is 4.79 Å². The largest absolute Gasteiger partial charge is 0.399 e. The van der Waals surface area contributed by atoms with Crippen molar-refractivity contribution in [1.82, 2.24) is 0 Å². The highest BCUT2D eigenvalue weighted by Gasteiger charge is 2.07. The fourth-order valence-corrected chi connectivity index (χ4v) is 2.07. The van der Waals surface area contributed by atoms with Gasteiger partial charge in [0.25, 0.3) is 0 Å². The minimum atomic E-state index is -0.139. The minimum Gasteiger partial charge on any atom is -0.399 e. The van der Waals surface area contributed by atoms with E-state index >= 15 is 0 Å². The van der Waals surface area contributed by atoms with Gasteiger partial charge < -0.3 is 11.1 Å². The third-order valence-corrected chi connectivity index (χ3v) is 3.20. The summed E-state index contributed by atoms with van der Waals surface area (Å²) in [7, 11) is 0. The van der Waals surface area contributed by atoms with Crippen LogP contribution in [0.25, 0.3) is 6.08 Å². The van der Waals surface area contributed by atoms with E-state index in [9.17, 15) is 4.79 Å². The van der Waals surface area contributed by atoms with E-state index in [0.29, 0.717) is 11.6 Å². The van der Waals surface area contributed by atoms with E-state index in [2.05, 4.69) is 19.2 Å². The van der Waals surface area contributed by atoms with Gasteiger partial charge in [0.1, 0.15) is 0 Å². The second kappa shape index (κ2) is 6.75. The summed E-state index contributed by atoms with van der Waals surface area (Å²) in [6.45, 7) is 4.21. The molecule has 0 aromatic heterocycles. The average Bonchev–Trinajstić information content (AvgIpc) is 2.47. The summed E-state index contributed by atoms with van der Waals surface area (Å²) in [5.41, 5.74) is 9.27. The Morgan fingerprint density at radius 1 is 1.10 bits per heavy atom. The highest BCUT2D eigenvalue weighted by molar-refractivity contribution is 6.02. The third kappa shape index (κ3) is 4.21. The van der Waals surface area contributed by atoms with Gasteiger partial charge in [0.2, 0.25) is 5.91 Å². The van der Waals surface area contributed by atoms with Crippen LogP contribution in [0.4, 0.5) is 11.4 Å². The molecule has 0 saturated carbocycles. The van der Waals surface area contributed by atoms with Crippen molar-refractivity contribution in [2.45, 2.75) is 19.8 Å². The summed E-state index contributed by atoms with van der Waals surface area (Å²) in [5, 5.41) is 2.92. The molecule has 0 atom stereocenters. The zero-order valence-corrected chi connectivity index (χ0v) is 12.3. The fraction of sp³-hybridized carbons (Fsp3) is 0.167. The molecule has 2 aromatic rings. The van der Waals surface area contributed by atoms with Crippen LogP contribution in [0.3, 0.4) is 0 Å². The van der Waals surface area contributed by atoms with Crippen LogP contribution < -0.4 is 11.1 Å². The summed E-state index contributed by atoms with van der Waals surface area (Å²) < 4.78 is 0. The van der Waals surface area contributed by atoms with Crippen molar-refractivity contribution in [3.63, 3.8) is 0 Å². The van der Waals surface area contributed by atoms with Crippen molar-refractivity contribution < 1.29 is 4.79 Å². The van der Waals surface area contributed by atoms with E-state index in [1.165, 1.54) is 6.08 Å². The van der Waals surface area contributed by atoms with E-state index in [4.69, 9.17) is 5.73 Å². The number of carbonyl (C=O) groups excluding carboxylic acids is 1. The summed E-state index contributed by atoms with van der Waals surface area (Å²) in [6.07, 6.45) is 3.30. The molecule has 1 amide bonds. The molecule has 0 saturated heterocycles. The van der Waals surface area contributed by atoms with Crippen molar-refractivity contribution in [1.29, 1.82) is 0 Å². The maximum atomic E-state index is 12.0. The molecule has 0 heterocycles. The molecule has 2 aromatic carbocycles. The van der Waals surface area contributed by atoms with Crippen LogP contribution in [0.2, 0.25) is 0 Å². The quantitative estimate of drug-likeness (QED) is 0.656. The Hall–Kier alpha value is -2.55. The topological polar surface area (TPSA) is 55.1 Å². The molecule has 0 spiro atoms. The maximum Gasteiger partial charge on any atom is 0.248 e. The molecule has 0 bridgehead atoms. The molecule has 0 aliphatic rings. The van der Waals surface area contributed by atoms with Gasteiger partial charge in [0.15, 0.2) is 0 Å². The lowest BCUT2D eigenvalue weighted by molar-refractivity contribution is -0.111. The van der Waals surface area contributed by atoms with E-state index < -0.39 is 0 Å². The van der Waals surface area contributed by atoms with Crippen LogP contribution >= 0.6 is 0 Å². The number of hydrogen-bond donors (Lipinski definition) is 2. The zero-order chi connectivity index (χ0) is 15.2. The Morgan fingerprint density at radius 2 is 1.76 bits per heavy atom. The van der Waals surface area contributed by atoms with E-state index in [0.717, 1.165) is 16.8 Å². The summed E-state index contributed by atoms with van der Waals surface area (Å²) in [5.74, 6) is 0.225. The van der Waals surface area contributed by atoms with Gasteiger partial charge in [-0.15, -0.1) is 0 Å². The molecule has 108 valence electrons. The number of rotatable bonds is 4. The van der Waals surface area contributed by atoms with Gasteiger partial charge >= 0.3 is 0 Å². The Balaban J connectivity index is 2.07. The van der Waals surface area contributed by atoms with Crippen molar-refractivity contribution in [3.05, 3.63) is 65.7 Å². The van der Waals surface area contributed by atoms with Crippen LogP contribution in [0.5, 0.6) is 0 Å². The molecular weight excluding hydrogens is 260 g/mol. The number of amides is 1. The van der Waals surface area contributed by atoms with Gasteiger partial charge in [-0.05, 0) is 41.3 Å². The molecule has 0 radical (unpaired) electrons. The lowest BCUT2D eigenvalue weighted by Crippen LogP contribution is -2.10. The second-order valence-electron chi connectivity index (χ2n) is 5.23. The van der Waals surface area contributed by atoms with Gasteiger partial charge in [-0.2, -0.15) is 0 Å². The summed E-state index contributed by atoms with van der Waals surface area (Å²) in [6, 6.07) is 15.2. The Bertz CT molecular complexity index is 643. The number of para-hydroxylation sites is 1. The standard InChI is InChI=1S/C18H20N2O/c1-13(2)16-5-3-4-6-17(16)20-18(21)12-9-14-7-10-15(19)11-8-14/h3-13H,19H2,1-2H3,(H,20,21)/b12-9+. The number of anilines is 2. The number of nitrogens with two attached hydrogens (primary N) is 1. The van der Waals surface area contributed by atoms with Crippen LogP contribution in [-0.2, 0) is 4.79 Å². The van der Waals surface area contributed by atoms with Crippen molar-refractivity contribution in [2.75, 3.05) is 11.1 Å². The first-order valence-corrected chi connectivity index (χ1v) is 7.00. The number of carbonyl (C=O) groups is 1. The Labute approximate surface area is 125 Å².